The summed E-state index contributed by atoms with van der Waals surface area (Å²) in [5.74, 6) is 1.28. The summed E-state index contributed by atoms with van der Waals surface area (Å²) in [6.45, 7) is 2.89. The molecule has 0 radical (unpaired) electrons. The van der Waals surface area contributed by atoms with Gasteiger partial charge < -0.3 is 5.32 Å². The second kappa shape index (κ2) is 9.40. The van der Waals surface area contributed by atoms with Crippen LogP contribution in [0.5, 0.6) is 0 Å². The standard InChI is InChI=1S/C21H28N2O3S/c1-15-6-8-16(9-7-15)14-27-13-11-22-19(24)10-12-23-20(25)17-4-2-3-5-18(17)21(23)26/h6-9,17-18H,2-5,10-14H2,1H3,(H,22,24)/t17-,18-/m0/s1. The largest absolute Gasteiger partial charge is 0.355 e. The topological polar surface area (TPSA) is 66.5 Å². The predicted octanol–water partition coefficient (Wildman–Crippen LogP) is 2.91. The fourth-order valence-corrected chi connectivity index (χ4v) is 4.71. The summed E-state index contributed by atoms with van der Waals surface area (Å²) in [5.41, 5.74) is 2.54. The first-order chi connectivity index (χ1) is 13.1. The molecule has 1 aliphatic heterocycles. The molecule has 3 rings (SSSR count). The third kappa shape index (κ3) is 5.12. The highest BCUT2D eigenvalue weighted by Crippen LogP contribution is 2.37. The fourth-order valence-electron chi connectivity index (χ4n) is 3.89. The molecule has 146 valence electrons. The number of aryl methyl sites for hydroxylation is 1. The Bertz CT molecular complexity index is 665. The summed E-state index contributed by atoms with van der Waals surface area (Å²) in [6.07, 6.45) is 3.87. The molecule has 1 aromatic carbocycles. The van der Waals surface area contributed by atoms with E-state index in [0.29, 0.717) is 6.54 Å². The second-order valence-electron chi connectivity index (χ2n) is 7.46. The second-order valence-corrected chi connectivity index (χ2v) is 8.57. The van der Waals surface area contributed by atoms with Crippen molar-refractivity contribution in [1.29, 1.82) is 0 Å². The minimum Gasteiger partial charge on any atom is -0.355 e. The summed E-state index contributed by atoms with van der Waals surface area (Å²) in [5, 5.41) is 2.89. The van der Waals surface area contributed by atoms with Crippen LogP contribution in [0.4, 0.5) is 0 Å². The maximum absolute atomic E-state index is 12.4. The number of nitrogens with one attached hydrogen (secondary N) is 1. The Morgan fingerprint density at radius 1 is 1.11 bits per heavy atom. The molecule has 27 heavy (non-hydrogen) atoms. The van der Waals surface area contributed by atoms with Gasteiger partial charge in [0.1, 0.15) is 0 Å². The quantitative estimate of drug-likeness (QED) is 0.549. The molecule has 0 unspecified atom stereocenters. The van der Waals surface area contributed by atoms with Crippen LogP contribution in [0.15, 0.2) is 24.3 Å². The molecule has 3 amide bonds. The van der Waals surface area contributed by atoms with Crippen molar-refractivity contribution >= 4 is 29.5 Å². The molecule has 0 bridgehead atoms. The van der Waals surface area contributed by atoms with Gasteiger partial charge in [-0.2, -0.15) is 11.8 Å². The number of amides is 3. The smallest absolute Gasteiger partial charge is 0.233 e. The number of thioether (sulfide) groups is 1. The lowest BCUT2D eigenvalue weighted by Gasteiger charge is -2.19. The van der Waals surface area contributed by atoms with Crippen molar-refractivity contribution < 1.29 is 14.4 Å². The zero-order valence-corrected chi connectivity index (χ0v) is 16.7. The van der Waals surface area contributed by atoms with E-state index in [4.69, 9.17) is 0 Å². The minimum atomic E-state index is -0.132. The van der Waals surface area contributed by atoms with Gasteiger partial charge in [0.25, 0.3) is 0 Å². The number of rotatable bonds is 8. The van der Waals surface area contributed by atoms with Crippen LogP contribution in [-0.4, -0.2) is 41.5 Å². The molecule has 1 heterocycles. The maximum atomic E-state index is 12.4. The molecule has 1 saturated heterocycles. The van der Waals surface area contributed by atoms with Gasteiger partial charge in [-0.25, -0.2) is 0 Å². The fraction of sp³-hybridized carbons (Fsp3) is 0.571. The van der Waals surface area contributed by atoms with E-state index in [9.17, 15) is 14.4 Å². The third-order valence-electron chi connectivity index (χ3n) is 5.45. The van der Waals surface area contributed by atoms with E-state index in [1.54, 1.807) is 11.8 Å². The van der Waals surface area contributed by atoms with Gasteiger partial charge in [-0.1, -0.05) is 42.7 Å². The third-order valence-corrected chi connectivity index (χ3v) is 6.48. The van der Waals surface area contributed by atoms with Crippen LogP contribution in [0.2, 0.25) is 0 Å². The lowest BCUT2D eigenvalue weighted by molar-refractivity contribution is -0.140. The number of likely N-dealkylation sites (tertiary alicyclic amines) is 1. The normalized spacial score (nSPS) is 22.0. The average molecular weight is 389 g/mol. The Hall–Kier alpha value is -1.82. The first kappa shape index (κ1) is 19.9. The monoisotopic (exact) mass is 388 g/mol. The molecule has 5 nitrogen and oxygen atoms in total. The summed E-state index contributed by atoms with van der Waals surface area (Å²) >= 11 is 1.78. The van der Waals surface area contributed by atoms with E-state index in [2.05, 4.69) is 36.5 Å². The Kier molecular flexibility index (Phi) is 6.94. The molecule has 2 atom stereocenters. The first-order valence-corrected chi connectivity index (χ1v) is 11.0. The number of carbonyl (C=O) groups excluding carboxylic acids is 3. The van der Waals surface area contributed by atoms with Crippen LogP contribution in [0.3, 0.4) is 0 Å². The Balaban J connectivity index is 1.32. The summed E-state index contributed by atoms with van der Waals surface area (Å²) in [4.78, 5) is 38.1. The molecule has 0 aromatic heterocycles. The molecule has 1 aliphatic carbocycles. The van der Waals surface area contributed by atoms with E-state index in [-0.39, 0.29) is 42.5 Å². The number of hydrogen-bond acceptors (Lipinski definition) is 4. The van der Waals surface area contributed by atoms with Gasteiger partial charge in [-0.15, -0.1) is 0 Å². The molecule has 1 N–H and O–H groups in total. The van der Waals surface area contributed by atoms with E-state index in [1.165, 1.54) is 16.0 Å². The molecule has 1 saturated carbocycles. The molecule has 6 heteroatoms. The first-order valence-electron chi connectivity index (χ1n) is 9.81. The van der Waals surface area contributed by atoms with Crippen molar-refractivity contribution in [1.82, 2.24) is 10.2 Å². The summed E-state index contributed by atoms with van der Waals surface area (Å²) in [6, 6.07) is 8.47. The van der Waals surface area contributed by atoms with Gasteiger partial charge in [0.2, 0.25) is 17.7 Å². The number of imide groups is 1. The van der Waals surface area contributed by atoms with Crippen LogP contribution in [0, 0.1) is 18.8 Å². The van der Waals surface area contributed by atoms with Gasteiger partial charge in [-0.05, 0) is 25.3 Å². The predicted molar refractivity (Wildman–Crippen MR) is 107 cm³/mol. The van der Waals surface area contributed by atoms with E-state index in [1.807, 2.05) is 0 Å². The number of fused-ring (bicyclic) bond motifs is 1. The van der Waals surface area contributed by atoms with Crippen molar-refractivity contribution in [3.05, 3.63) is 35.4 Å². The minimum absolute atomic E-state index is 0.0637. The number of benzene rings is 1. The number of nitrogens with zero attached hydrogens (tertiary/aromatic N) is 1. The summed E-state index contributed by atoms with van der Waals surface area (Å²) < 4.78 is 0. The van der Waals surface area contributed by atoms with Crippen molar-refractivity contribution in [2.45, 2.75) is 44.8 Å². The molecule has 0 spiro atoms. The zero-order valence-electron chi connectivity index (χ0n) is 15.9. The lowest BCUT2D eigenvalue weighted by Crippen LogP contribution is -2.36. The Labute approximate surface area is 165 Å². The Morgan fingerprint density at radius 2 is 1.74 bits per heavy atom. The zero-order chi connectivity index (χ0) is 19.2. The van der Waals surface area contributed by atoms with Crippen molar-refractivity contribution in [3.63, 3.8) is 0 Å². The molecule has 1 aromatic rings. The Morgan fingerprint density at radius 3 is 2.37 bits per heavy atom. The highest BCUT2D eigenvalue weighted by molar-refractivity contribution is 7.98. The van der Waals surface area contributed by atoms with Crippen molar-refractivity contribution in [2.75, 3.05) is 18.8 Å². The van der Waals surface area contributed by atoms with Crippen molar-refractivity contribution in [3.8, 4) is 0 Å². The highest BCUT2D eigenvalue weighted by Gasteiger charge is 2.47. The van der Waals surface area contributed by atoms with E-state index < -0.39 is 0 Å². The van der Waals surface area contributed by atoms with Crippen LogP contribution in [0.25, 0.3) is 0 Å². The van der Waals surface area contributed by atoms with Crippen LogP contribution < -0.4 is 5.32 Å². The van der Waals surface area contributed by atoms with Gasteiger partial charge >= 0.3 is 0 Å². The number of carbonyl (C=O) groups is 3. The van der Waals surface area contributed by atoms with Crippen molar-refractivity contribution in [2.24, 2.45) is 11.8 Å². The van der Waals surface area contributed by atoms with Crippen LogP contribution in [-0.2, 0) is 20.1 Å². The molecular formula is C21H28N2O3S. The average Bonchev–Trinajstić information content (AvgIpc) is 2.92. The molecule has 2 aliphatic rings. The van der Waals surface area contributed by atoms with Gasteiger partial charge in [0.15, 0.2) is 0 Å². The highest BCUT2D eigenvalue weighted by atomic mass is 32.2. The molecule has 2 fully saturated rings. The maximum Gasteiger partial charge on any atom is 0.233 e. The van der Waals surface area contributed by atoms with E-state index in [0.717, 1.165) is 37.2 Å². The van der Waals surface area contributed by atoms with Crippen LogP contribution in [0.1, 0.15) is 43.2 Å². The van der Waals surface area contributed by atoms with E-state index >= 15 is 0 Å². The van der Waals surface area contributed by atoms with Gasteiger partial charge in [0.05, 0.1) is 11.8 Å². The van der Waals surface area contributed by atoms with Crippen LogP contribution >= 0.6 is 11.8 Å². The number of hydrogen-bond donors (Lipinski definition) is 1. The van der Waals surface area contributed by atoms with Gasteiger partial charge in [0, 0.05) is 31.0 Å². The SMILES string of the molecule is Cc1ccc(CSCCNC(=O)CCN2C(=O)[C@H]3CCCC[C@@H]3C2=O)cc1. The summed E-state index contributed by atoms with van der Waals surface area (Å²) in [7, 11) is 0. The molecular weight excluding hydrogens is 360 g/mol. The lowest BCUT2D eigenvalue weighted by atomic mass is 9.81. The van der Waals surface area contributed by atoms with Gasteiger partial charge in [-0.3, -0.25) is 19.3 Å².